The average Bonchev–Trinajstić information content (AvgIpc) is 2.95. The Labute approximate surface area is 196 Å². The van der Waals surface area contributed by atoms with E-state index in [1.807, 2.05) is 0 Å². The van der Waals surface area contributed by atoms with E-state index in [1.54, 1.807) is 0 Å². The lowest BCUT2D eigenvalue weighted by Crippen LogP contribution is -2.43. The minimum absolute atomic E-state index is 0.00363. The molecule has 0 radical (unpaired) electrons. The van der Waals surface area contributed by atoms with Crippen molar-refractivity contribution in [2.45, 2.75) is 117 Å². The number of ether oxygens (including phenoxy) is 2. The largest absolute Gasteiger partial charge is 0.469 e. The number of carbonyl (C=O) groups is 1. The van der Waals surface area contributed by atoms with Gasteiger partial charge in [0.25, 0.3) is 0 Å². The summed E-state index contributed by atoms with van der Waals surface area (Å²) >= 11 is 0. The highest BCUT2D eigenvalue weighted by atomic mass is 16.7. The molecule has 1 saturated heterocycles. The zero-order chi connectivity index (χ0) is 23.7. The van der Waals surface area contributed by atoms with E-state index in [1.165, 1.54) is 13.5 Å². The fourth-order valence-corrected chi connectivity index (χ4v) is 6.31. The maximum absolute atomic E-state index is 12.4. The molecule has 0 bridgehead atoms. The number of rotatable bonds is 7. The van der Waals surface area contributed by atoms with E-state index in [4.69, 9.17) is 18.8 Å². The highest BCUT2D eigenvalue weighted by Crippen LogP contribution is 2.52. The third-order valence-electron chi connectivity index (χ3n) is 9.14. The van der Waals surface area contributed by atoms with Gasteiger partial charge in [0.1, 0.15) is 0 Å². The van der Waals surface area contributed by atoms with Crippen molar-refractivity contribution in [3.05, 3.63) is 0 Å². The Balaban J connectivity index is 1.64. The molecule has 2 aliphatic carbocycles. The molecule has 7 unspecified atom stereocenters. The zero-order valence-electron chi connectivity index (χ0n) is 21.8. The topological polar surface area (TPSA) is 54.0 Å². The molecule has 3 fully saturated rings. The number of unbranched alkanes of at least 4 members (excludes halogenated alkanes) is 1. The molecule has 5 nitrogen and oxygen atoms in total. The standard InChI is InChI=1S/C26H47BO5/c1-9-10-13-30-23-16-19(11-12-20(23)24(28)29-8)21-14-18(3)22(15-17(21)2)27-31-25(4,5)26(6,7)32-27/h17-23H,9-16H2,1-8H3. The van der Waals surface area contributed by atoms with Crippen molar-refractivity contribution in [1.29, 1.82) is 0 Å². The highest BCUT2D eigenvalue weighted by Gasteiger charge is 2.56. The minimum Gasteiger partial charge on any atom is -0.469 e. The van der Waals surface area contributed by atoms with Gasteiger partial charge in [0.05, 0.1) is 30.3 Å². The predicted molar refractivity (Wildman–Crippen MR) is 128 cm³/mol. The monoisotopic (exact) mass is 450 g/mol. The smallest absolute Gasteiger partial charge is 0.461 e. The van der Waals surface area contributed by atoms with E-state index in [2.05, 4.69) is 48.5 Å². The third-order valence-corrected chi connectivity index (χ3v) is 9.14. The predicted octanol–water partition coefficient (Wildman–Crippen LogP) is 5.91. The lowest BCUT2D eigenvalue weighted by atomic mass is 9.53. The van der Waals surface area contributed by atoms with Crippen LogP contribution < -0.4 is 0 Å². The second kappa shape index (κ2) is 10.4. The van der Waals surface area contributed by atoms with Crippen molar-refractivity contribution in [2.75, 3.05) is 13.7 Å². The summed E-state index contributed by atoms with van der Waals surface area (Å²) in [6.07, 6.45) is 7.44. The molecule has 6 heteroatoms. The van der Waals surface area contributed by atoms with Gasteiger partial charge in [-0.2, -0.15) is 0 Å². The van der Waals surface area contributed by atoms with Gasteiger partial charge in [-0.1, -0.05) is 27.2 Å². The number of esters is 1. The number of hydrogen-bond donors (Lipinski definition) is 0. The molecule has 184 valence electrons. The molecule has 1 aliphatic heterocycles. The molecular weight excluding hydrogens is 403 g/mol. The average molecular weight is 450 g/mol. The van der Waals surface area contributed by atoms with E-state index in [0.29, 0.717) is 29.5 Å². The van der Waals surface area contributed by atoms with Crippen LogP contribution in [0.5, 0.6) is 0 Å². The van der Waals surface area contributed by atoms with Crippen molar-refractivity contribution in [1.82, 2.24) is 0 Å². The van der Waals surface area contributed by atoms with Gasteiger partial charge in [-0.25, -0.2) is 0 Å². The van der Waals surface area contributed by atoms with Crippen molar-refractivity contribution in [3.63, 3.8) is 0 Å². The fourth-order valence-electron chi connectivity index (χ4n) is 6.31. The third kappa shape index (κ3) is 5.38. The summed E-state index contributed by atoms with van der Waals surface area (Å²) in [7, 11) is 1.39. The Bertz CT molecular complexity index is 620. The van der Waals surface area contributed by atoms with Crippen LogP contribution in [0.2, 0.25) is 5.82 Å². The lowest BCUT2D eigenvalue weighted by molar-refractivity contribution is -0.155. The van der Waals surface area contributed by atoms with Crippen LogP contribution in [-0.2, 0) is 23.6 Å². The van der Waals surface area contributed by atoms with E-state index < -0.39 is 0 Å². The van der Waals surface area contributed by atoms with Crippen LogP contribution in [0.1, 0.15) is 93.4 Å². The molecule has 0 aromatic carbocycles. The van der Waals surface area contributed by atoms with Gasteiger partial charge in [0.15, 0.2) is 0 Å². The molecule has 0 N–H and O–H groups in total. The maximum Gasteiger partial charge on any atom is 0.461 e. The second-order valence-corrected chi connectivity index (χ2v) is 11.8. The van der Waals surface area contributed by atoms with Gasteiger partial charge in [0, 0.05) is 6.61 Å². The van der Waals surface area contributed by atoms with Crippen LogP contribution in [0.15, 0.2) is 0 Å². The molecule has 2 saturated carbocycles. The van der Waals surface area contributed by atoms with Crippen LogP contribution >= 0.6 is 0 Å². The summed E-state index contributed by atoms with van der Waals surface area (Å²) in [5.41, 5.74) is -0.542. The first-order chi connectivity index (χ1) is 15.0. The summed E-state index contributed by atoms with van der Waals surface area (Å²) < 4.78 is 24.2. The Hall–Kier alpha value is -0.585. The second-order valence-electron chi connectivity index (χ2n) is 11.8. The van der Waals surface area contributed by atoms with Crippen molar-refractivity contribution in [3.8, 4) is 0 Å². The van der Waals surface area contributed by atoms with Crippen LogP contribution in [0, 0.1) is 29.6 Å². The molecule has 3 rings (SSSR count). The fraction of sp³-hybridized carbons (Fsp3) is 0.962. The molecule has 0 aromatic heterocycles. The van der Waals surface area contributed by atoms with Gasteiger partial charge < -0.3 is 18.8 Å². The van der Waals surface area contributed by atoms with E-state index in [0.717, 1.165) is 45.1 Å². The number of hydrogen-bond acceptors (Lipinski definition) is 5. The summed E-state index contributed by atoms with van der Waals surface area (Å²) in [4.78, 5) is 12.4. The maximum atomic E-state index is 12.4. The molecule has 7 atom stereocenters. The first-order valence-electron chi connectivity index (χ1n) is 13.1. The first kappa shape index (κ1) is 26.0. The minimum atomic E-state index is -0.271. The van der Waals surface area contributed by atoms with Gasteiger partial charge in [-0.15, -0.1) is 0 Å². The Morgan fingerprint density at radius 3 is 2.25 bits per heavy atom. The van der Waals surface area contributed by atoms with Crippen molar-refractivity contribution < 1.29 is 23.6 Å². The number of methoxy groups -OCH3 is 1. The van der Waals surface area contributed by atoms with E-state index >= 15 is 0 Å². The number of carbonyl (C=O) groups excluding carboxylic acids is 1. The summed E-state index contributed by atoms with van der Waals surface area (Å²) in [5.74, 6) is 2.68. The van der Waals surface area contributed by atoms with Crippen LogP contribution in [0.3, 0.4) is 0 Å². The molecule has 3 aliphatic rings. The Kier molecular flexibility index (Phi) is 8.42. The molecule has 1 heterocycles. The van der Waals surface area contributed by atoms with Crippen molar-refractivity contribution >= 4 is 13.1 Å². The Morgan fingerprint density at radius 2 is 1.66 bits per heavy atom. The molecule has 0 aromatic rings. The van der Waals surface area contributed by atoms with Crippen LogP contribution in [0.4, 0.5) is 0 Å². The highest BCUT2D eigenvalue weighted by molar-refractivity contribution is 6.47. The lowest BCUT2D eigenvalue weighted by Gasteiger charge is -2.46. The van der Waals surface area contributed by atoms with Gasteiger partial charge >= 0.3 is 13.1 Å². The first-order valence-corrected chi connectivity index (χ1v) is 13.1. The Morgan fingerprint density at radius 1 is 1.00 bits per heavy atom. The zero-order valence-corrected chi connectivity index (χ0v) is 21.8. The molecule has 0 amide bonds. The quantitative estimate of drug-likeness (QED) is 0.274. The molecule has 32 heavy (non-hydrogen) atoms. The van der Waals surface area contributed by atoms with E-state index in [-0.39, 0.29) is 36.3 Å². The summed E-state index contributed by atoms with van der Waals surface area (Å²) in [6, 6.07) is 0. The van der Waals surface area contributed by atoms with Crippen LogP contribution in [0.25, 0.3) is 0 Å². The van der Waals surface area contributed by atoms with Gasteiger partial charge in [-0.3, -0.25) is 4.79 Å². The van der Waals surface area contributed by atoms with Gasteiger partial charge in [0.2, 0.25) is 0 Å². The molecular formula is C26H47BO5. The summed E-state index contributed by atoms with van der Waals surface area (Å²) in [6.45, 7) is 16.3. The van der Waals surface area contributed by atoms with E-state index in [9.17, 15) is 4.79 Å². The van der Waals surface area contributed by atoms with Crippen LogP contribution in [-0.4, -0.2) is 44.1 Å². The van der Waals surface area contributed by atoms with Crippen molar-refractivity contribution in [2.24, 2.45) is 29.6 Å². The SMILES string of the molecule is CCCCOC1CC(C2CC(C)C(B3OC(C)(C)C(C)(C)O3)CC2C)CCC1C(=O)OC. The normalized spacial score (nSPS) is 39.1. The summed E-state index contributed by atoms with van der Waals surface area (Å²) in [5, 5.41) is 0. The van der Waals surface area contributed by atoms with Gasteiger partial charge in [-0.05, 0) is 95.7 Å². The molecule has 0 spiro atoms.